The fourth-order valence-corrected chi connectivity index (χ4v) is 2.43. The second-order valence-corrected chi connectivity index (χ2v) is 5.15. The largest absolute Gasteiger partial charge is 0.497 e. The van der Waals surface area contributed by atoms with Crippen molar-refractivity contribution in [1.29, 1.82) is 10.5 Å². The van der Waals surface area contributed by atoms with Crippen molar-refractivity contribution < 1.29 is 9.47 Å². The zero-order valence-electron chi connectivity index (χ0n) is 13.2. The first-order chi connectivity index (χ1) is 11.2. The van der Waals surface area contributed by atoms with Gasteiger partial charge in [-0.3, -0.25) is 0 Å². The average Bonchev–Trinajstić information content (AvgIpc) is 2.63. The predicted molar refractivity (Wildman–Crippen MR) is 87.3 cm³/mol. The molecule has 0 aliphatic rings. The van der Waals surface area contributed by atoms with Gasteiger partial charge in [0.25, 0.3) is 0 Å². The first kappa shape index (κ1) is 16.4. The SMILES string of the molecule is COc1ccc(C(C#N)CC(C#N)c2ccc(OC)cc2)cc1. The van der Waals surface area contributed by atoms with Crippen LogP contribution >= 0.6 is 0 Å². The maximum absolute atomic E-state index is 9.47. The Kier molecular flexibility index (Phi) is 5.61. The summed E-state index contributed by atoms with van der Waals surface area (Å²) in [6, 6.07) is 19.4. The van der Waals surface area contributed by atoms with E-state index in [2.05, 4.69) is 12.1 Å². The molecule has 0 aliphatic heterocycles. The van der Waals surface area contributed by atoms with Gasteiger partial charge in [0, 0.05) is 0 Å². The van der Waals surface area contributed by atoms with Gasteiger partial charge in [-0.05, 0) is 41.8 Å². The molecule has 0 aromatic heterocycles. The molecule has 4 heteroatoms. The van der Waals surface area contributed by atoms with E-state index in [0.29, 0.717) is 6.42 Å². The van der Waals surface area contributed by atoms with E-state index in [-0.39, 0.29) is 11.8 Å². The maximum Gasteiger partial charge on any atom is 0.118 e. The summed E-state index contributed by atoms with van der Waals surface area (Å²) in [6.07, 6.45) is 0.450. The fraction of sp³-hybridized carbons (Fsp3) is 0.263. The fourth-order valence-electron chi connectivity index (χ4n) is 2.43. The van der Waals surface area contributed by atoms with E-state index >= 15 is 0 Å². The third kappa shape index (κ3) is 4.02. The van der Waals surface area contributed by atoms with Crippen molar-refractivity contribution in [3.8, 4) is 23.6 Å². The zero-order chi connectivity index (χ0) is 16.7. The lowest BCUT2D eigenvalue weighted by atomic mass is 9.86. The minimum atomic E-state index is -0.340. The van der Waals surface area contributed by atoms with Gasteiger partial charge in [0.1, 0.15) is 11.5 Å². The molecule has 116 valence electrons. The molecule has 2 unspecified atom stereocenters. The van der Waals surface area contributed by atoms with Crippen LogP contribution in [0.25, 0.3) is 0 Å². The molecular formula is C19H18N2O2. The van der Waals surface area contributed by atoms with Gasteiger partial charge in [-0.2, -0.15) is 10.5 Å². The van der Waals surface area contributed by atoms with E-state index in [1.54, 1.807) is 14.2 Å². The number of rotatable bonds is 6. The van der Waals surface area contributed by atoms with Gasteiger partial charge in [0.15, 0.2) is 0 Å². The summed E-state index contributed by atoms with van der Waals surface area (Å²) < 4.78 is 10.3. The Morgan fingerprint density at radius 1 is 0.739 bits per heavy atom. The van der Waals surface area contributed by atoms with Crippen LogP contribution in [0.3, 0.4) is 0 Å². The van der Waals surface area contributed by atoms with Gasteiger partial charge in [0.05, 0.1) is 38.2 Å². The van der Waals surface area contributed by atoms with Crippen LogP contribution in [0.5, 0.6) is 11.5 Å². The molecule has 0 N–H and O–H groups in total. The summed E-state index contributed by atoms with van der Waals surface area (Å²) in [5.74, 6) is 0.815. The summed E-state index contributed by atoms with van der Waals surface area (Å²) in [4.78, 5) is 0. The van der Waals surface area contributed by atoms with Crippen LogP contribution in [0.15, 0.2) is 48.5 Å². The van der Waals surface area contributed by atoms with Crippen LogP contribution in [0.4, 0.5) is 0 Å². The third-order valence-corrected chi connectivity index (χ3v) is 3.82. The van der Waals surface area contributed by atoms with E-state index in [1.807, 2.05) is 48.5 Å². The highest BCUT2D eigenvalue weighted by atomic mass is 16.5. The Hall–Kier alpha value is -2.98. The number of hydrogen-bond donors (Lipinski definition) is 0. The van der Waals surface area contributed by atoms with E-state index in [9.17, 15) is 10.5 Å². The highest BCUT2D eigenvalue weighted by Crippen LogP contribution is 2.30. The quantitative estimate of drug-likeness (QED) is 0.808. The molecule has 0 spiro atoms. The van der Waals surface area contributed by atoms with Gasteiger partial charge in [0.2, 0.25) is 0 Å². The number of hydrogen-bond acceptors (Lipinski definition) is 4. The minimum absolute atomic E-state index is 0.340. The summed E-state index contributed by atoms with van der Waals surface area (Å²) in [5, 5.41) is 18.9. The van der Waals surface area contributed by atoms with Crippen LogP contribution in [0.1, 0.15) is 29.4 Å². The number of nitrogens with zero attached hydrogens (tertiary/aromatic N) is 2. The molecular weight excluding hydrogens is 288 g/mol. The van der Waals surface area contributed by atoms with E-state index in [1.165, 1.54) is 0 Å². The van der Waals surface area contributed by atoms with Crippen LogP contribution < -0.4 is 9.47 Å². The normalized spacial score (nSPS) is 12.5. The number of methoxy groups -OCH3 is 2. The van der Waals surface area contributed by atoms with Crippen molar-refractivity contribution >= 4 is 0 Å². The second-order valence-electron chi connectivity index (χ2n) is 5.15. The van der Waals surface area contributed by atoms with Gasteiger partial charge in [-0.15, -0.1) is 0 Å². The number of benzene rings is 2. The second kappa shape index (κ2) is 7.87. The van der Waals surface area contributed by atoms with E-state index < -0.39 is 0 Å². The van der Waals surface area contributed by atoms with Crippen molar-refractivity contribution in [2.24, 2.45) is 0 Å². The molecule has 2 rings (SSSR count). The van der Waals surface area contributed by atoms with Crippen LogP contribution in [0.2, 0.25) is 0 Å². The molecule has 0 radical (unpaired) electrons. The molecule has 2 aromatic carbocycles. The maximum atomic E-state index is 9.47. The molecule has 0 heterocycles. The topological polar surface area (TPSA) is 66.0 Å². The molecule has 0 aliphatic carbocycles. The van der Waals surface area contributed by atoms with Crippen molar-refractivity contribution in [3.63, 3.8) is 0 Å². The lowest BCUT2D eigenvalue weighted by molar-refractivity contribution is 0.414. The highest BCUT2D eigenvalue weighted by Gasteiger charge is 2.19. The van der Waals surface area contributed by atoms with Crippen LogP contribution in [-0.2, 0) is 0 Å². The Labute approximate surface area is 136 Å². The molecule has 0 bridgehead atoms. The molecule has 2 aromatic rings. The summed E-state index contributed by atoms with van der Waals surface area (Å²) in [6.45, 7) is 0. The van der Waals surface area contributed by atoms with Crippen LogP contribution in [0, 0.1) is 22.7 Å². The summed E-state index contributed by atoms with van der Waals surface area (Å²) >= 11 is 0. The summed E-state index contributed by atoms with van der Waals surface area (Å²) in [7, 11) is 3.21. The van der Waals surface area contributed by atoms with E-state index in [0.717, 1.165) is 22.6 Å². The Morgan fingerprint density at radius 3 is 1.35 bits per heavy atom. The lowest BCUT2D eigenvalue weighted by Gasteiger charge is -2.15. The van der Waals surface area contributed by atoms with Gasteiger partial charge < -0.3 is 9.47 Å². The minimum Gasteiger partial charge on any atom is -0.497 e. The molecule has 0 amide bonds. The lowest BCUT2D eigenvalue weighted by Crippen LogP contribution is -2.04. The molecule has 23 heavy (non-hydrogen) atoms. The van der Waals surface area contributed by atoms with Gasteiger partial charge in [-0.25, -0.2) is 0 Å². The van der Waals surface area contributed by atoms with Crippen molar-refractivity contribution in [2.75, 3.05) is 14.2 Å². The number of nitriles is 2. The first-order valence-corrected chi connectivity index (χ1v) is 7.29. The van der Waals surface area contributed by atoms with Crippen molar-refractivity contribution in [2.45, 2.75) is 18.3 Å². The van der Waals surface area contributed by atoms with Crippen LogP contribution in [-0.4, -0.2) is 14.2 Å². The molecule has 0 fully saturated rings. The smallest absolute Gasteiger partial charge is 0.118 e. The average molecular weight is 306 g/mol. The number of ether oxygens (including phenoxy) is 2. The molecule has 2 atom stereocenters. The van der Waals surface area contributed by atoms with E-state index in [4.69, 9.17) is 9.47 Å². The third-order valence-electron chi connectivity index (χ3n) is 3.82. The van der Waals surface area contributed by atoms with Gasteiger partial charge in [-0.1, -0.05) is 24.3 Å². The Bertz CT molecular complexity index is 646. The molecule has 0 saturated heterocycles. The molecule has 4 nitrogen and oxygen atoms in total. The molecule has 0 saturated carbocycles. The first-order valence-electron chi connectivity index (χ1n) is 7.29. The monoisotopic (exact) mass is 306 g/mol. The Balaban J connectivity index is 2.17. The standard InChI is InChI=1S/C19H18N2O2/c1-22-18-7-3-14(4-8-18)16(12-20)11-17(13-21)15-5-9-19(23-2)10-6-15/h3-10,16-17H,11H2,1-2H3. The predicted octanol–water partition coefficient (Wildman–Crippen LogP) is 4.01. The zero-order valence-corrected chi connectivity index (χ0v) is 13.2. The Morgan fingerprint density at radius 2 is 1.09 bits per heavy atom. The highest BCUT2D eigenvalue weighted by molar-refractivity contribution is 5.35. The summed E-state index contributed by atoms with van der Waals surface area (Å²) in [5.41, 5.74) is 1.78. The van der Waals surface area contributed by atoms with Gasteiger partial charge >= 0.3 is 0 Å². The van der Waals surface area contributed by atoms with Crippen molar-refractivity contribution in [1.82, 2.24) is 0 Å². The van der Waals surface area contributed by atoms with Crippen molar-refractivity contribution in [3.05, 3.63) is 59.7 Å².